The SMILES string of the molecule is COC(=O)[C@]1(O)CC(=O)C[C@H]1Nc1cncc(Br)c1. The van der Waals surface area contributed by atoms with Crippen LogP contribution in [0.2, 0.25) is 0 Å². The van der Waals surface area contributed by atoms with E-state index >= 15 is 0 Å². The fraction of sp³-hybridized carbons (Fsp3) is 0.417. The molecule has 102 valence electrons. The van der Waals surface area contributed by atoms with Crippen molar-refractivity contribution in [2.75, 3.05) is 12.4 Å². The number of pyridine rings is 1. The van der Waals surface area contributed by atoms with Crippen molar-refractivity contribution in [2.45, 2.75) is 24.5 Å². The molecule has 0 bridgehead atoms. The molecule has 0 aromatic carbocycles. The number of nitrogens with zero attached hydrogens (tertiary/aromatic N) is 1. The van der Waals surface area contributed by atoms with Crippen LogP contribution in [0.4, 0.5) is 5.69 Å². The zero-order valence-electron chi connectivity index (χ0n) is 10.2. The number of hydrogen-bond donors (Lipinski definition) is 2. The van der Waals surface area contributed by atoms with Crippen molar-refractivity contribution >= 4 is 33.4 Å². The number of carbonyl (C=O) groups excluding carboxylic acids is 2. The van der Waals surface area contributed by atoms with E-state index in [1.807, 2.05) is 0 Å². The largest absolute Gasteiger partial charge is 0.467 e. The molecular weight excluding hydrogens is 316 g/mol. The Morgan fingerprint density at radius 1 is 1.63 bits per heavy atom. The third kappa shape index (κ3) is 2.76. The average Bonchev–Trinajstić information content (AvgIpc) is 2.64. The zero-order chi connectivity index (χ0) is 14.0. The van der Waals surface area contributed by atoms with Crippen molar-refractivity contribution in [3.05, 3.63) is 22.9 Å². The number of anilines is 1. The Balaban J connectivity index is 2.22. The van der Waals surface area contributed by atoms with E-state index in [0.29, 0.717) is 5.69 Å². The van der Waals surface area contributed by atoms with Crippen LogP contribution in [-0.4, -0.2) is 40.6 Å². The summed E-state index contributed by atoms with van der Waals surface area (Å²) in [7, 11) is 1.18. The first kappa shape index (κ1) is 14.0. The van der Waals surface area contributed by atoms with Gasteiger partial charge in [0.15, 0.2) is 5.60 Å². The Bertz CT molecular complexity index is 522. The standard InChI is InChI=1S/C12H13BrN2O4/c1-19-11(17)12(18)4-9(16)3-10(12)15-8-2-7(13)5-14-6-8/h2,5-6,10,15,18H,3-4H2,1H3/t10-,12+/m1/s1. The van der Waals surface area contributed by atoms with Crippen molar-refractivity contribution in [3.8, 4) is 0 Å². The number of aromatic nitrogens is 1. The Labute approximate surface area is 118 Å². The molecule has 1 aromatic heterocycles. The van der Waals surface area contributed by atoms with Gasteiger partial charge in [-0.2, -0.15) is 0 Å². The van der Waals surface area contributed by atoms with Gasteiger partial charge in [-0.05, 0) is 22.0 Å². The summed E-state index contributed by atoms with van der Waals surface area (Å²) in [6.45, 7) is 0. The number of esters is 1. The van der Waals surface area contributed by atoms with Gasteiger partial charge >= 0.3 is 5.97 Å². The highest BCUT2D eigenvalue weighted by atomic mass is 79.9. The molecule has 0 saturated heterocycles. The maximum absolute atomic E-state index is 11.7. The Morgan fingerprint density at radius 2 is 2.37 bits per heavy atom. The van der Waals surface area contributed by atoms with Crippen molar-refractivity contribution in [3.63, 3.8) is 0 Å². The smallest absolute Gasteiger partial charge is 0.340 e. The average molecular weight is 329 g/mol. The van der Waals surface area contributed by atoms with Crippen LogP contribution in [-0.2, 0) is 14.3 Å². The molecule has 1 fully saturated rings. The number of hydrogen-bond acceptors (Lipinski definition) is 6. The molecule has 0 unspecified atom stereocenters. The molecule has 0 amide bonds. The number of rotatable bonds is 3. The molecule has 7 heteroatoms. The first-order valence-electron chi connectivity index (χ1n) is 5.65. The molecule has 2 rings (SSSR count). The van der Waals surface area contributed by atoms with Gasteiger partial charge in [0.05, 0.1) is 25.0 Å². The monoisotopic (exact) mass is 328 g/mol. The highest BCUT2D eigenvalue weighted by molar-refractivity contribution is 9.10. The molecule has 6 nitrogen and oxygen atoms in total. The number of nitrogens with one attached hydrogen (secondary N) is 1. The summed E-state index contributed by atoms with van der Waals surface area (Å²) < 4.78 is 5.32. The van der Waals surface area contributed by atoms with Crippen LogP contribution in [0.3, 0.4) is 0 Å². The van der Waals surface area contributed by atoms with E-state index in [1.165, 1.54) is 7.11 Å². The molecule has 1 saturated carbocycles. The second-order valence-electron chi connectivity index (χ2n) is 4.42. The Morgan fingerprint density at radius 3 is 3.00 bits per heavy atom. The van der Waals surface area contributed by atoms with E-state index in [-0.39, 0.29) is 18.6 Å². The first-order chi connectivity index (χ1) is 8.95. The normalized spacial score (nSPS) is 26.3. The van der Waals surface area contributed by atoms with Gasteiger partial charge in [0.1, 0.15) is 5.78 Å². The quantitative estimate of drug-likeness (QED) is 0.801. The molecule has 0 spiro atoms. The molecule has 1 aromatic rings. The summed E-state index contributed by atoms with van der Waals surface area (Å²) in [5.74, 6) is -0.993. The summed E-state index contributed by atoms with van der Waals surface area (Å²) in [6, 6.07) is 1.02. The van der Waals surface area contributed by atoms with E-state index in [2.05, 4.69) is 31.0 Å². The van der Waals surface area contributed by atoms with Gasteiger partial charge in [-0.25, -0.2) is 4.79 Å². The lowest BCUT2D eigenvalue weighted by atomic mass is 9.97. The number of methoxy groups -OCH3 is 1. The second-order valence-corrected chi connectivity index (χ2v) is 5.34. The third-order valence-electron chi connectivity index (χ3n) is 3.06. The van der Waals surface area contributed by atoms with Crippen LogP contribution in [0.25, 0.3) is 0 Å². The highest BCUT2D eigenvalue weighted by Crippen LogP contribution is 2.31. The summed E-state index contributed by atoms with van der Waals surface area (Å²) in [4.78, 5) is 27.1. The topological polar surface area (TPSA) is 88.5 Å². The minimum Gasteiger partial charge on any atom is -0.467 e. The van der Waals surface area contributed by atoms with Gasteiger partial charge in [-0.1, -0.05) is 0 Å². The third-order valence-corrected chi connectivity index (χ3v) is 3.49. The molecule has 2 atom stereocenters. The van der Waals surface area contributed by atoms with E-state index in [0.717, 1.165) is 4.47 Å². The molecular formula is C12H13BrN2O4. The summed E-state index contributed by atoms with van der Waals surface area (Å²) in [5, 5.41) is 13.3. The fourth-order valence-corrected chi connectivity index (χ4v) is 2.51. The minimum absolute atomic E-state index is 0.0676. The van der Waals surface area contributed by atoms with E-state index in [4.69, 9.17) is 0 Å². The van der Waals surface area contributed by atoms with E-state index < -0.39 is 17.6 Å². The first-order valence-corrected chi connectivity index (χ1v) is 6.44. The summed E-state index contributed by atoms with van der Waals surface area (Å²) in [5.41, 5.74) is -1.22. The van der Waals surface area contributed by atoms with Crippen LogP contribution in [0.1, 0.15) is 12.8 Å². The van der Waals surface area contributed by atoms with Crippen LogP contribution in [0.5, 0.6) is 0 Å². The van der Waals surface area contributed by atoms with Crippen LogP contribution < -0.4 is 5.32 Å². The number of aliphatic hydroxyl groups is 1. The lowest BCUT2D eigenvalue weighted by Crippen LogP contribution is -2.49. The van der Waals surface area contributed by atoms with Gasteiger partial charge in [0.2, 0.25) is 0 Å². The van der Waals surface area contributed by atoms with Gasteiger partial charge in [0, 0.05) is 23.5 Å². The van der Waals surface area contributed by atoms with Crippen LogP contribution >= 0.6 is 15.9 Å². The predicted octanol–water partition coefficient (Wildman–Crippen LogP) is 0.892. The molecule has 1 heterocycles. The van der Waals surface area contributed by atoms with Crippen molar-refractivity contribution in [1.29, 1.82) is 0 Å². The van der Waals surface area contributed by atoms with Gasteiger partial charge in [-0.3, -0.25) is 9.78 Å². The van der Waals surface area contributed by atoms with Crippen LogP contribution in [0.15, 0.2) is 22.9 Å². The fourth-order valence-electron chi connectivity index (χ4n) is 2.15. The van der Waals surface area contributed by atoms with Crippen molar-refractivity contribution in [1.82, 2.24) is 4.98 Å². The minimum atomic E-state index is -1.83. The molecule has 2 N–H and O–H groups in total. The van der Waals surface area contributed by atoms with Crippen molar-refractivity contribution in [2.24, 2.45) is 0 Å². The maximum atomic E-state index is 11.7. The second kappa shape index (κ2) is 5.26. The lowest BCUT2D eigenvalue weighted by Gasteiger charge is -2.27. The van der Waals surface area contributed by atoms with Crippen LogP contribution in [0, 0.1) is 0 Å². The van der Waals surface area contributed by atoms with Gasteiger partial charge in [0.25, 0.3) is 0 Å². The maximum Gasteiger partial charge on any atom is 0.340 e. The zero-order valence-corrected chi connectivity index (χ0v) is 11.8. The summed E-state index contributed by atoms with van der Waals surface area (Å²) in [6.07, 6.45) is 2.99. The number of halogens is 1. The molecule has 1 aliphatic carbocycles. The van der Waals surface area contributed by atoms with Gasteiger partial charge < -0.3 is 15.2 Å². The Hall–Kier alpha value is -1.47. The number of carbonyl (C=O) groups is 2. The highest BCUT2D eigenvalue weighted by Gasteiger charge is 2.52. The molecule has 19 heavy (non-hydrogen) atoms. The summed E-state index contributed by atoms with van der Waals surface area (Å²) >= 11 is 3.27. The molecule has 0 aliphatic heterocycles. The van der Waals surface area contributed by atoms with E-state index in [1.54, 1.807) is 18.5 Å². The Kier molecular flexibility index (Phi) is 3.86. The molecule has 0 radical (unpaired) electrons. The number of ether oxygens (including phenoxy) is 1. The van der Waals surface area contributed by atoms with Crippen molar-refractivity contribution < 1.29 is 19.4 Å². The van der Waals surface area contributed by atoms with E-state index in [9.17, 15) is 14.7 Å². The predicted molar refractivity (Wildman–Crippen MR) is 70.6 cm³/mol. The number of Topliss-reactive ketones (excluding diaryl/α,β-unsaturated/α-hetero) is 1. The lowest BCUT2D eigenvalue weighted by molar-refractivity contribution is -0.162. The molecule has 1 aliphatic rings. The van der Waals surface area contributed by atoms with Gasteiger partial charge in [-0.15, -0.1) is 0 Å². The number of ketones is 1.